The van der Waals surface area contributed by atoms with Gasteiger partial charge in [-0.1, -0.05) is 12.1 Å². The van der Waals surface area contributed by atoms with Gasteiger partial charge in [-0.25, -0.2) is 4.79 Å². The Labute approximate surface area is 195 Å². The molecule has 0 radical (unpaired) electrons. The van der Waals surface area contributed by atoms with Crippen molar-refractivity contribution in [3.05, 3.63) is 65.2 Å². The number of ether oxygens (including phenoxy) is 2. The van der Waals surface area contributed by atoms with Crippen LogP contribution in [-0.4, -0.2) is 83.8 Å². The van der Waals surface area contributed by atoms with E-state index < -0.39 is 18.0 Å². The lowest BCUT2D eigenvalue weighted by molar-refractivity contribution is -0.132. The number of rotatable bonds is 5. The highest BCUT2D eigenvalue weighted by Crippen LogP contribution is 2.22. The van der Waals surface area contributed by atoms with Crippen molar-refractivity contribution in [1.82, 2.24) is 14.7 Å². The number of hydrogen-bond donors (Lipinski definition) is 0. The number of amides is 4. The van der Waals surface area contributed by atoms with Gasteiger partial charge >= 0.3 is 6.16 Å². The lowest BCUT2D eigenvalue weighted by Gasteiger charge is -2.35. The summed E-state index contributed by atoms with van der Waals surface area (Å²) in [5, 5.41) is 0. The van der Waals surface area contributed by atoms with Gasteiger partial charge in [0.25, 0.3) is 17.7 Å². The van der Waals surface area contributed by atoms with Crippen molar-refractivity contribution in [2.24, 2.45) is 0 Å². The summed E-state index contributed by atoms with van der Waals surface area (Å²) in [4.78, 5) is 66.0. The molecule has 0 N–H and O–H groups in total. The molecule has 10 nitrogen and oxygen atoms in total. The number of carbonyl (C=O) groups is 5. The van der Waals surface area contributed by atoms with Gasteiger partial charge in [-0.2, -0.15) is 0 Å². The van der Waals surface area contributed by atoms with Crippen molar-refractivity contribution in [1.29, 1.82) is 0 Å². The Morgan fingerprint density at radius 3 is 1.94 bits per heavy atom. The Kier molecular flexibility index (Phi) is 6.58. The monoisotopic (exact) mass is 465 g/mol. The maximum absolute atomic E-state index is 12.8. The van der Waals surface area contributed by atoms with Crippen LogP contribution in [0, 0.1) is 0 Å². The van der Waals surface area contributed by atoms with Crippen LogP contribution in [0.25, 0.3) is 0 Å². The molecule has 2 heterocycles. The molecule has 0 spiro atoms. The fourth-order valence-electron chi connectivity index (χ4n) is 3.87. The SMILES string of the molecule is CCOC(=O)Oc1ccc(C(=O)N2CCN(C(=O)CN3C(=O)c4ccccc4C3=O)CC2)cc1. The second-order valence-corrected chi connectivity index (χ2v) is 7.72. The highest BCUT2D eigenvalue weighted by Gasteiger charge is 2.37. The first-order valence-electron chi connectivity index (χ1n) is 10.9. The third-order valence-corrected chi connectivity index (χ3v) is 5.66. The van der Waals surface area contributed by atoms with Gasteiger partial charge < -0.3 is 19.3 Å². The van der Waals surface area contributed by atoms with E-state index in [1.54, 1.807) is 53.1 Å². The van der Waals surface area contributed by atoms with E-state index >= 15 is 0 Å². The largest absolute Gasteiger partial charge is 0.513 e. The Balaban J connectivity index is 1.30. The highest BCUT2D eigenvalue weighted by atomic mass is 16.7. The van der Waals surface area contributed by atoms with Crippen LogP contribution in [0.2, 0.25) is 0 Å². The third-order valence-electron chi connectivity index (χ3n) is 5.66. The molecule has 0 aliphatic carbocycles. The van der Waals surface area contributed by atoms with Crippen LogP contribution < -0.4 is 4.74 Å². The van der Waals surface area contributed by atoms with Crippen molar-refractivity contribution in [3.8, 4) is 5.75 Å². The molecule has 0 saturated carbocycles. The Morgan fingerprint density at radius 1 is 0.824 bits per heavy atom. The van der Waals surface area contributed by atoms with E-state index in [0.29, 0.717) is 29.8 Å². The van der Waals surface area contributed by atoms with Crippen LogP contribution in [-0.2, 0) is 9.53 Å². The van der Waals surface area contributed by atoms with Crippen molar-refractivity contribution in [2.75, 3.05) is 39.3 Å². The molecule has 176 valence electrons. The van der Waals surface area contributed by atoms with Gasteiger partial charge in [0.1, 0.15) is 12.3 Å². The molecule has 1 saturated heterocycles. The standard InChI is InChI=1S/C24H23N3O7/c1-2-33-24(32)34-17-9-7-16(8-10-17)21(29)26-13-11-25(12-14-26)20(28)15-27-22(30)18-5-3-4-6-19(18)23(27)31/h3-10H,2,11-15H2,1H3. The topological polar surface area (TPSA) is 114 Å². The number of fused-ring (bicyclic) bond motifs is 1. The molecule has 1 fully saturated rings. The molecule has 4 amide bonds. The zero-order chi connectivity index (χ0) is 24.2. The molecule has 2 aromatic rings. The average Bonchev–Trinajstić information content (AvgIpc) is 3.09. The molecule has 2 aliphatic heterocycles. The minimum absolute atomic E-state index is 0.197. The second-order valence-electron chi connectivity index (χ2n) is 7.72. The maximum atomic E-state index is 12.8. The molecule has 0 atom stereocenters. The molecule has 2 aliphatic rings. The molecular formula is C24H23N3O7. The van der Waals surface area contributed by atoms with E-state index in [0.717, 1.165) is 4.90 Å². The van der Waals surface area contributed by atoms with E-state index in [1.165, 1.54) is 12.1 Å². The van der Waals surface area contributed by atoms with Gasteiger partial charge in [-0.3, -0.25) is 24.1 Å². The normalized spacial score (nSPS) is 15.3. The van der Waals surface area contributed by atoms with Gasteiger partial charge in [0.05, 0.1) is 17.7 Å². The van der Waals surface area contributed by atoms with Crippen molar-refractivity contribution in [3.63, 3.8) is 0 Å². The van der Waals surface area contributed by atoms with Crippen LogP contribution >= 0.6 is 0 Å². The number of piperazine rings is 1. The molecule has 2 aromatic carbocycles. The molecule has 10 heteroatoms. The molecule has 34 heavy (non-hydrogen) atoms. The predicted octanol–water partition coefficient (Wildman–Crippen LogP) is 1.80. The average molecular weight is 465 g/mol. The zero-order valence-corrected chi connectivity index (χ0v) is 18.6. The Hall–Kier alpha value is -4.21. The molecule has 0 unspecified atom stereocenters. The molecule has 4 rings (SSSR count). The fraction of sp³-hybridized carbons (Fsp3) is 0.292. The number of nitrogens with zero attached hydrogens (tertiary/aromatic N) is 3. The van der Waals surface area contributed by atoms with Gasteiger partial charge in [0.15, 0.2) is 0 Å². The second kappa shape index (κ2) is 9.74. The van der Waals surface area contributed by atoms with Crippen LogP contribution in [0.5, 0.6) is 5.75 Å². The summed E-state index contributed by atoms with van der Waals surface area (Å²) in [6, 6.07) is 12.6. The number of hydrogen-bond acceptors (Lipinski definition) is 7. The maximum Gasteiger partial charge on any atom is 0.513 e. The number of carbonyl (C=O) groups excluding carboxylic acids is 5. The molecular weight excluding hydrogens is 442 g/mol. The smallest absolute Gasteiger partial charge is 0.434 e. The van der Waals surface area contributed by atoms with Crippen LogP contribution in [0.4, 0.5) is 4.79 Å². The minimum Gasteiger partial charge on any atom is -0.434 e. The quantitative estimate of drug-likeness (QED) is 0.376. The third kappa shape index (κ3) is 4.61. The Bertz CT molecular complexity index is 1100. The zero-order valence-electron chi connectivity index (χ0n) is 18.6. The van der Waals surface area contributed by atoms with Crippen LogP contribution in [0.15, 0.2) is 48.5 Å². The predicted molar refractivity (Wildman–Crippen MR) is 118 cm³/mol. The lowest BCUT2D eigenvalue weighted by Crippen LogP contribution is -2.53. The van der Waals surface area contributed by atoms with E-state index in [2.05, 4.69) is 0 Å². The molecule has 0 bridgehead atoms. The Morgan fingerprint density at radius 2 is 1.38 bits per heavy atom. The van der Waals surface area contributed by atoms with Crippen molar-refractivity contribution < 1.29 is 33.4 Å². The van der Waals surface area contributed by atoms with E-state index in [-0.39, 0.29) is 43.8 Å². The van der Waals surface area contributed by atoms with Crippen molar-refractivity contribution in [2.45, 2.75) is 6.92 Å². The van der Waals surface area contributed by atoms with Crippen LogP contribution in [0.1, 0.15) is 38.0 Å². The first-order chi connectivity index (χ1) is 16.4. The number of imide groups is 1. The summed E-state index contributed by atoms with van der Waals surface area (Å²) in [7, 11) is 0. The summed E-state index contributed by atoms with van der Waals surface area (Å²) in [6.07, 6.45) is -0.816. The van der Waals surface area contributed by atoms with E-state index in [1.807, 2.05) is 0 Å². The summed E-state index contributed by atoms with van der Waals surface area (Å²) in [6.45, 7) is 2.74. The summed E-state index contributed by atoms with van der Waals surface area (Å²) in [5.41, 5.74) is 1.02. The first kappa shape index (κ1) is 23.0. The summed E-state index contributed by atoms with van der Waals surface area (Å²) >= 11 is 0. The minimum atomic E-state index is -0.816. The van der Waals surface area contributed by atoms with Gasteiger partial charge in [-0.05, 0) is 43.3 Å². The summed E-state index contributed by atoms with van der Waals surface area (Å²) in [5.74, 6) is -1.24. The van der Waals surface area contributed by atoms with Crippen LogP contribution in [0.3, 0.4) is 0 Å². The van der Waals surface area contributed by atoms with E-state index in [4.69, 9.17) is 9.47 Å². The van der Waals surface area contributed by atoms with Gasteiger partial charge in [-0.15, -0.1) is 0 Å². The fourth-order valence-corrected chi connectivity index (χ4v) is 3.87. The van der Waals surface area contributed by atoms with Crippen molar-refractivity contribution >= 4 is 29.8 Å². The lowest BCUT2D eigenvalue weighted by atomic mass is 10.1. The molecule has 0 aromatic heterocycles. The van der Waals surface area contributed by atoms with Gasteiger partial charge in [0.2, 0.25) is 5.91 Å². The number of benzene rings is 2. The van der Waals surface area contributed by atoms with E-state index in [9.17, 15) is 24.0 Å². The first-order valence-corrected chi connectivity index (χ1v) is 10.9. The highest BCUT2D eigenvalue weighted by molar-refractivity contribution is 6.22. The summed E-state index contributed by atoms with van der Waals surface area (Å²) < 4.78 is 9.69. The van der Waals surface area contributed by atoms with Gasteiger partial charge in [0, 0.05) is 31.7 Å².